The highest BCUT2D eigenvalue weighted by molar-refractivity contribution is 7.94. The predicted molar refractivity (Wildman–Crippen MR) is 99.7 cm³/mol. The Kier molecular flexibility index (Phi) is 5.64. The fraction of sp³-hybridized carbons (Fsp3) is 0.500. The van der Waals surface area contributed by atoms with Gasteiger partial charge in [0.25, 0.3) is 0 Å². The number of carbonyl (C=O) groups excluding carboxylic acids is 2. The summed E-state index contributed by atoms with van der Waals surface area (Å²) in [7, 11) is -7.51. The first kappa shape index (κ1) is 20.6. The van der Waals surface area contributed by atoms with Crippen molar-refractivity contribution in [3.8, 4) is 0 Å². The second-order valence-electron chi connectivity index (χ2n) is 6.31. The van der Waals surface area contributed by atoms with Gasteiger partial charge in [-0.25, -0.2) is 25.9 Å². The van der Waals surface area contributed by atoms with Crippen molar-refractivity contribution in [2.45, 2.75) is 18.2 Å². The molecule has 28 heavy (non-hydrogen) atoms. The summed E-state index contributed by atoms with van der Waals surface area (Å²) in [5.74, 6) is -0.790. The summed E-state index contributed by atoms with van der Waals surface area (Å²) >= 11 is 0. The standard InChI is InChI=1S/C16H21N3O7S2/c1-2-26-16(21)17-8-10-18(11-9-17)28(24,25)14-5-3-13(4-6-14)19-15(20)7-12-27(19,22)23/h3-6H,2,7-12H2,1H3. The highest BCUT2D eigenvalue weighted by atomic mass is 32.2. The van der Waals surface area contributed by atoms with Crippen LogP contribution in [0.2, 0.25) is 0 Å². The second kappa shape index (κ2) is 7.68. The van der Waals surface area contributed by atoms with Gasteiger partial charge in [0.15, 0.2) is 0 Å². The quantitative estimate of drug-likeness (QED) is 0.668. The number of ether oxygens (including phenoxy) is 1. The van der Waals surface area contributed by atoms with E-state index in [0.29, 0.717) is 4.31 Å². The summed E-state index contributed by atoms with van der Waals surface area (Å²) in [6.07, 6.45) is -0.562. The fourth-order valence-electron chi connectivity index (χ4n) is 3.10. The number of hydrogen-bond donors (Lipinski definition) is 0. The Bertz CT molecular complexity index is 966. The first-order chi connectivity index (χ1) is 13.2. The van der Waals surface area contributed by atoms with Crippen molar-refractivity contribution >= 4 is 37.7 Å². The van der Waals surface area contributed by atoms with Crippen LogP contribution in [0.5, 0.6) is 0 Å². The summed E-state index contributed by atoms with van der Waals surface area (Å²) in [5.41, 5.74) is 0.119. The van der Waals surface area contributed by atoms with Crippen LogP contribution in [0.4, 0.5) is 10.5 Å². The zero-order chi connectivity index (χ0) is 20.5. The first-order valence-corrected chi connectivity index (χ1v) is 11.8. The largest absolute Gasteiger partial charge is 0.450 e. The lowest BCUT2D eigenvalue weighted by Crippen LogP contribution is -2.50. The molecule has 154 valence electrons. The first-order valence-electron chi connectivity index (χ1n) is 8.74. The minimum Gasteiger partial charge on any atom is -0.450 e. The van der Waals surface area contributed by atoms with Crippen molar-refractivity contribution in [1.29, 1.82) is 0 Å². The van der Waals surface area contributed by atoms with Crippen molar-refractivity contribution in [3.05, 3.63) is 24.3 Å². The normalized spacial score (nSPS) is 20.4. The minimum atomic E-state index is -3.80. The Morgan fingerprint density at radius 3 is 2.21 bits per heavy atom. The number of hydrogen-bond acceptors (Lipinski definition) is 7. The van der Waals surface area contributed by atoms with E-state index < -0.39 is 32.0 Å². The molecule has 0 radical (unpaired) electrons. The number of rotatable bonds is 4. The van der Waals surface area contributed by atoms with Crippen molar-refractivity contribution in [3.63, 3.8) is 0 Å². The summed E-state index contributed by atoms with van der Waals surface area (Å²) in [5, 5.41) is 0. The van der Waals surface area contributed by atoms with E-state index in [4.69, 9.17) is 4.74 Å². The third-order valence-corrected chi connectivity index (χ3v) is 8.16. The topological polar surface area (TPSA) is 121 Å². The molecule has 0 spiro atoms. The number of benzene rings is 1. The molecular formula is C16H21N3O7S2. The van der Waals surface area contributed by atoms with Gasteiger partial charge in [0.2, 0.25) is 26.0 Å². The molecule has 1 aromatic rings. The molecule has 12 heteroatoms. The van der Waals surface area contributed by atoms with Gasteiger partial charge in [-0.1, -0.05) is 0 Å². The van der Waals surface area contributed by atoms with Crippen LogP contribution in [0.25, 0.3) is 0 Å². The SMILES string of the molecule is CCOC(=O)N1CCN(S(=O)(=O)c2ccc(N3C(=O)CCS3(=O)=O)cc2)CC1. The molecule has 0 saturated carbocycles. The predicted octanol–water partition coefficient (Wildman–Crippen LogP) is 0.216. The van der Waals surface area contributed by atoms with Gasteiger partial charge in [-0.15, -0.1) is 0 Å². The molecule has 2 aliphatic heterocycles. The average Bonchev–Trinajstić information content (AvgIpc) is 2.94. The van der Waals surface area contributed by atoms with Crippen molar-refractivity contribution in [2.24, 2.45) is 0 Å². The smallest absolute Gasteiger partial charge is 0.409 e. The molecule has 2 saturated heterocycles. The van der Waals surface area contributed by atoms with E-state index in [1.54, 1.807) is 6.92 Å². The number of piperazine rings is 1. The van der Waals surface area contributed by atoms with Crippen LogP contribution in [0, 0.1) is 0 Å². The molecule has 2 heterocycles. The third kappa shape index (κ3) is 3.84. The second-order valence-corrected chi connectivity index (χ2v) is 10.2. The van der Waals surface area contributed by atoms with Gasteiger partial charge in [0.1, 0.15) is 0 Å². The number of amides is 2. The molecule has 0 N–H and O–H groups in total. The molecular weight excluding hydrogens is 410 g/mol. The van der Waals surface area contributed by atoms with Crippen LogP contribution < -0.4 is 4.31 Å². The monoisotopic (exact) mass is 431 g/mol. The lowest BCUT2D eigenvalue weighted by molar-refractivity contribution is -0.116. The average molecular weight is 431 g/mol. The Hall–Kier alpha value is -2.18. The maximum Gasteiger partial charge on any atom is 0.409 e. The Labute approximate surface area is 163 Å². The Morgan fingerprint density at radius 2 is 1.71 bits per heavy atom. The van der Waals surface area contributed by atoms with E-state index in [2.05, 4.69) is 0 Å². The molecule has 2 aliphatic rings. The molecule has 0 aromatic heterocycles. The van der Waals surface area contributed by atoms with Crippen LogP contribution in [-0.2, 0) is 29.6 Å². The van der Waals surface area contributed by atoms with E-state index in [9.17, 15) is 26.4 Å². The zero-order valence-electron chi connectivity index (χ0n) is 15.3. The number of anilines is 1. The van der Waals surface area contributed by atoms with Crippen LogP contribution in [0.15, 0.2) is 29.2 Å². The van der Waals surface area contributed by atoms with Gasteiger partial charge in [-0.3, -0.25) is 4.79 Å². The van der Waals surface area contributed by atoms with E-state index >= 15 is 0 Å². The summed E-state index contributed by atoms with van der Waals surface area (Å²) in [6, 6.07) is 5.18. The molecule has 1 aromatic carbocycles. The highest BCUT2D eigenvalue weighted by Crippen LogP contribution is 2.27. The van der Waals surface area contributed by atoms with Gasteiger partial charge in [0, 0.05) is 32.6 Å². The fourth-order valence-corrected chi connectivity index (χ4v) is 5.98. The molecule has 2 amide bonds. The molecule has 10 nitrogen and oxygen atoms in total. The van der Waals surface area contributed by atoms with Gasteiger partial charge < -0.3 is 9.64 Å². The molecule has 2 fully saturated rings. The molecule has 0 atom stereocenters. The minimum absolute atomic E-state index is 0.00937. The molecule has 0 unspecified atom stereocenters. The molecule has 3 rings (SSSR count). The molecule has 0 bridgehead atoms. The summed E-state index contributed by atoms with van der Waals surface area (Å²) in [4.78, 5) is 25.0. The Morgan fingerprint density at radius 1 is 1.11 bits per heavy atom. The number of sulfonamides is 2. The van der Waals surface area contributed by atoms with Gasteiger partial charge >= 0.3 is 6.09 Å². The van der Waals surface area contributed by atoms with Gasteiger partial charge in [-0.2, -0.15) is 4.31 Å². The van der Waals surface area contributed by atoms with Crippen LogP contribution in [0.3, 0.4) is 0 Å². The van der Waals surface area contributed by atoms with Crippen LogP contribution in [0.1, 0.15) is 13.3 Å². The number of nitrogens with zero attached hydrogens (tertiary/aromatic N) is 3. The molecule has 0 aliphatic carbocycles. The van der Waals surface area contributed by atoms with Crippen LogP contribution >= 0.6 is 0 Å². The summed E-state index contributed by atoms with van der Waals surface area (Å²) in [6.45, 7) is 2.64. The van der Waals surface area contributed by atoms with Gasteiger partial charge in [0.05, 0.1) is 22.9 Å². The lowest BCUT2D eigenvalue weighted by Gasteiger charge is -2.33. The summed E-state index contributed by atoms with van der Waals surface area (Å²) < 4.78 is 56.4. The maximum absolute atomic E-state index is 12.8. The van der Waals surface area contributed by atoms with Crippen molar-refractivity contribution in [2.75, 3.05) is 42.8 Å². The lowest BCUT2D eigenvalue weighted by atomic mass is 10.3. The van der Waals surface area contributed by atoms with Gasteiger partial charge in [-0.05, 0) is 31.2 Å². The van der Waals surface area contributed by atoms with E-state index in [1.807, 2.05) is 0 Å². The van der Waals surface area contributed by atoms with E-state index in [0.717, 1.165) is 0 Å². The maximum atomic E-state index is 12.8. The number of carbonyl (C=O) groups is 2. The van der Waals surface area contributed by atoms with E-state index in [1.165, 1.54) is 33.5 Å². The van der Waals surface area contributed by atoms with Crippen LogP contribution in [-0.4, -0.2) is 76.6 Å². The third-order valence-electron chi connectivity index (χ3n) is 4.55. The highest BCUT2D eigenvalue weighted by Gasteiger charge is 2.37. The van der Waals surface area contributed by atoms with E-state index in [-0.39, 0.29) is 55.5 Å². The van der Waals surface area contributed by atoms with Crippen molar-refractivity contribution < 1.29 is 31.2 Å². The Balaban J connectivity index is 1.73. The zero-order valence-corrected chi connectivity index (χ0v) is 16.9. The van der Waals surface area contributed by atoms with Crippen molar-refractivity contribution in [1.82, 2.24) is 9.21 Å².